The molecule has 0 aliphatic rings. The monoisotopic (exact) mass is 460 g/mol. The third kappa shape index (κ3) is 6.04. The van der Waals surface area contributed by atoms with E-state index in [2.05, 4.69) is 5.32 Å². The highest BCUT2D eigenvalue weighted by atomic mass is 35.5. The van der Waals surface area contributed by atoms with Gasteiger partial charge < -0.3 is 10.2 Å². The molecule has 3 aromatic rings. The molecule has 1 unspecified atom stereocenters. The van der Waals surface area contributed by atoms with Crippen molar-refractivity contribution in [3.8, 4) is 0 Å². The van der Waals surface area contributed by atoms with Crippen LogP contribution < -0.4 is 10.2 Å². The molecule has 7 heteroatoms. The molecular formula is C25H24ClF3N2O. The number of benzene rings is 3. The van der Waals surface area contributed by atoms with Gasteiger partial charge in [0.1, 0.15) is 6.04 Å². The largest absolute Gasteiger partial charge is 0.416 e. The van der Waals surface area contributed by atoms with Crippen molar-refractivity contribution >= 4 is 23.2 Å². The summed E-state index contributed by atoms with van der Waals surface area (Å²) in [5.41, 5.74) is 1.77. The van der Waals surface area contributed by atoms with Gasteiger partial charge in [-0.2, -0.15) is 13.2 Å². The molecule has 0 heterocycles. The van der Waals surface area contributed by atoms with E-state index < -0.39 is 17.8 Å². The van der Waals surface area contributed by atoms with Crippen LogP contribution in [0.4, 0.5) is 18.9 Å². The maximum absolute atomic E-state index is 12.9. The van der Waals surface area contributed by atoms with Gasteiger partial charge in [0.25, 0.3) is 0 Å². The normalized spacial score (nSPS) is 12.3. The zero-order valence-corrected chi connectivity index (χ0v) is 18.3. The van der Waals surface area contributed by atoms with E-state index in [-0.39, 0.29) is 5.91 Å². The van der Waals surface area contributed by atoms with E-state index in [1.54, 1.807) is 19.2 Å². The van der Waals surface area contributed by atoms with Crippen molar-refractivity contribution in [2.24, 2.45) is 0 Å². The molecule has 0 radical (unpaired) electrons. The number of carbonyl (C=O) groups is 1. The summed E-state index contributed by atoms with van der Waals surface area (Å²) in [6.07, 6.45) is -3.14. The summed E-state index contributed by atoms with van der Waals surface area (Å²) >= 11 is 6.22. The number of halogens is 4. The molecule has 0 saturated heterocycles. The lowest BCUT2D eigenvalue weighted by atomic mass is 10.0. The van der Waals surface area contributed by atoms with Crippen molar-refractivity contribution in [1.29, 1.82) is 0 Å². The van der Waals surface area contributed by atoms with Crippen LogP contribution in [0.5, 0.6) is 0 Å². The zero-order valence-electron chi connectivity index (χ0n) is 17.6. The molecule has 168 valence electrons. The van der Waals surface area contributed by atoms with Gasteiger partial charge in [-0.3, -0.25) is 4.79 Å². The molecule has 1 atom stereocenters. The number of amides is 1. The van der Waals surface area contributed by atoms with Crippen molar-refractivity contribution in [2.45, 2.75) is 25.1 Å². The second-order valence-corrected chi connectivity index (χ2v) is 7.84. The quantitative estimate of drug-likeness (QED) is 0.428. The first kappa shape index (κ1) is 23.7. The molecule has 0 spiro atoms. The van der Waals surface area contributed by atoms with Crippen LogP contribution in [-0.2, 0) is 17.4 Å². The minimum Gasteiger partial charge on any atom is -0.357 e. The second kappa shape index (κ2) is 10.6. The second-order valence-electron chi connectivity index (χ2n) is 7.40. The maximum atomic E-state index is 12.9. The van der Waals surface area contributed by atoms with E-state index in [4.69, 9.17) is 11.6 Å². The third-order valence-corrected chi connectivity index (χ3v) is 5.44. The van der Waals surface area contributed by atoms with Crippen LogP contribution in [0.15, 0.2) is 78.9 Å². The van der Waals surface area contributed by atoms with Gasteiger partial charge in [0.05, 0.1) is 5.56 Å². The van der Waals surface area contributed by atoms with E-state index in [9.17, 15) is 18.0 Å². The van der Waals surface area contributed by atoms with Crippen molar-refractivity contribution < 1.29 is 18.0 Å². The van der Waals surface area contributed by atoms with Crippen LogP contribution in [0.1, 0.15) is 29.2 Å². The Hall–Kier alpha value is -2.99. The Bertz CT molecular complexity index is 1020. The van der Waals surface area contributed by atoms with Gasteiger partial charge >= 0.3 is 6.18 Å². The summed E-state index contributed by atoms with van der Waals surface area (Å²) in [4.78, 5) is 14.9. The number of aryl methyl sites for hydroxylation is 1. The summed E-state index contributed by atoms with van der Waals surface area (Å²) in [7, 11) is 1.59. The van der Waals surface area contributed by atoms with E-state index in [0.717, 1.165) is 28.9 Å². The molecular weight excluding hydrogens is 437 g/mol. The average Bonchev–Trinajstić information content (AvgIpc) is 2.78. The lowest BCUT2D eigenvalue weighted by Crippen LogP contribution is -2.40. The summed E-state index contributed by atoms with van der Waals surface area (Å²) < 4.78 is 38.4. The standard InChI is InChI=1S/C25H24ClF3N2O/c1-30-24(32)23(19-8-3-2-4-9-19)31(22-11-5-10-21(26)17-22)16-6-7-18-12-14-20(15-13-18)25(27,28)29/h2-5,8-15,17,23H,6-7,16H2,1H3,(H,30,32). The Morgan fingerprint density at radius 3 is 2.28 bits per heavy atom. The molecule has 0 aromatic heterocycles. The van der Waals surface area contributed by atoms with Gasteiger partial charge in [-0.05, 0) is 54.3 Å². The number of rotatable bonds is 8. The topological polar surface area (TPSA) is 32.3 Å². The van der Waals surface area contributed by atoms with Gasteiger partial charge in [-0.25, -0.2) is 0 Å². The van der Waals surface area contributed by atoms with Crippen LogP contribution in [-0.4, -0.2) is 19.5 Å². The number of anilines is 1. The molecule has 0 bridgehead atoms. The van der Waals surface area contributed by atoms with Crippen LogP contribution in [0.25, 0.3) is 0 Å². The van der Waals surface area contributed by atoms with Crippen LogP contribution in [0.2, 0.25) is 5.02 Å². The van der Waals surface area contributed by atoms with Crippen molar-refractivity contribution in [3.63, 3.8) is 0 Å². The smallest absolute Gasteiger partial charge is 0.357 e. The van der Waals surface area contributed by atoms with E-state index in [0.29, 0.717) is 24.4 Å². The molecule has 0 aliphatic heterocycles. The SMILES string of the molecule is CNC(=O)C(c1ccccc1)N(CCCc1ccc(C(F)(F)F)cc1)c1cccc(Cl)c1. The van der Waals surface area contributed by atoms with Gasteiger partial charge in [0.2, 0.25) is 5.91 Å². The highest BCUT2D eigenvalue weighted by Crippen LogP contribution is 2.31. The van der Waals surface area contributed by atoms with Crippen LogP contribution >= 0.6 is 11.6 Å². The van der Waals surface area contributed by atoms with Gasteiger partial charge in [-0.15, -0.1) is 0 Å². The fourth-order valence-corrected chi connectivity index (χ4v) is 3.81. The summed E-state index contributed by atoms with van der Waals surface area (Å²) in [6.45, 7) is 0.508. The fraction of sp³-hybridized carbons (Fsp3) is 0.240. The fourth-order valence-electron chi connectivity index (χ4n) is 3.62. The number of hydrogen-bond donors (Lipinski definition) is 1. The molecule has 0 aliphatic carbocycles. The number of alkyl halides is 3. The van der Waals surface area contributed by atoms with Gasteiger partial charge in [-0.1, -0.05) is 60.1 Å². The molecule has 1 N–H and O–H groups in total. The predicted octanol–water partition coefficient (Wildman–Crippen LogP) is 6.29. The molecule has 1 amide bonds. The summed E-state index contributed by atoms with van der Waals surface area (Å²) in [5, 5.41) is 3.29. The lowest BCUT2D eigenvalue weighted by Gasteiger charge is -2.33. The Morgan fingerprint density at radius 1 is 1.00 bits per heavy atom. The van der Waals surface area contributed by atoms with Crippen molar-refractivity contribution in [3.05, 3.63) is 101 Å². The van der Waals surface area contributed by atoms with Crippen molar-refractivity contribution in [1.82, 2.24) is 5.32 Å². The Morgan fingerprint density at radius 2 is 1.69 bits per heavy atom. The van der Waals surface area contributed by atoms with Gasteiger partial charge in [0.15, 0.2) is 0 Å². The minimum absolute atomic E-state index is 0.161. The first-order valence-corrected chi connectivity index (χ1v) is 10.6. The molecule has 3 aromatic carbocycles. The van der Waals surface area contributed by atoms with Crippen LogP contribution in [0.3, 0.4) is 0 Å². The number of likely N-dealkylation sites (N-methyl/N-ethyl adjacent to an activating group) is 1. The zero-order chi connectivity index (χ0) is 23.1. The molecule has 3 nitrogen and oxygen atoms in total. The molecule has 0 saturated carbocycles. The average molecular weight is 461 g/mol. The maximum Gasteiger partial charge on any atom is 0.416 e. The number of nitrogens with zero attached hydrogens (tertiary/aromatic N) is 1. The molecule has 0 fully saturated rings. The van der Waals surface area contributed by atoms with E-state index in [1.165, 1.54) is 12.1 Å². The predicted molar refractivity (Wildman–Crippen MR) is 122 cm³/mol. The summed E-state index contributed by atoms with van der Waals surface area (Å²) in [5.74, 6) is -0.161. The highest BCUT2D eigenvalue weighted by molar-refractivity contribution is 6.30. The van der Waals surface area contributed by atoms with Crippen molar-refractivity contribution in [2.75, 3.05) is 18.5 Å². The lowest BCUT2D eigenvalue weighted by molar-refractivity contribution is -0.137. The van der Waals surface area contributed by atoms with Crippen LogP contribution in [0, 0.1) is 0 Å². The van der Waals surface area contributed by atoms with Gasteiger partial charge in [0, 0.05) is 24.3 Å². The summed E-state index contributed by atoms with van der Waals surface area (Å²) in [6, 6.07) is 21.3. The van der Waals surface area contributed by atoms with E-state index >= 15 is 0 Å². The first-order valence-electron chi connectivity index (χ1n) is 10.2. The Balaban J connectivity index is 1.84. The Labute approximate surface area is 190 Å². The number of carbonyl (C=O) groups excluding carboxylic acids is 1. The first-order chi connectivity index (χ1) is 15.3. The van der Waals surface area contributed by atoms with E-state index in [1.807, 2.05) is 47.4 Å². The third-order valence-electron chi connectivity index (χ3n) is 5.21. The molecule has 32 heavy (non-hydrogen) atoms. The molecule has 3 rings (SSSR count). The number of nitrogens with one attached hydrogen (secondary N) is 1. The number of hydrogen-bond acceptors (Lipinski definition) is 2. The Kier molecular flexibility index (Phi) is 7.80. The highest BCUT2D eigenvalue weighted by Gasteiger charge is 2.30. The minimum atomic E-state index is -4.35.